The zero-order valence-electron chi connectivity index (χ0n) is 13.4. The fourth-order valence-corrected chi connectivity index (χ4v) is 5.78. The van der Waals surface area contributed by atoms with Crippen molar-refractivity contribution in [3.8, 4) is 0 Å². The summed E-state index contributed by atoms with van der Waals surface area (Å²) in [5.74, 6) is 0.199. The molecule has 0 aromatic heterocycles. The fourth-order valence-electron chi connectivity index (χ4n) is 3.44. The summed E-state index contributed by atoms with van der Waals surface area (Å²) in [6, 6.07) is 22.8. The molecular formula is C22H14OS2. The molecule has 1 nitrogen and oxygen atoms in total. The highest BCUT2D eigenvalue weighted by atomic mass is 32.2. The highest BCUT2D eigenvalue weighted by Gasteiger charge is 2.31. The van der Waals surface area contributed by atoms with Crippen molar-refractivity contribution in [1.82, 2.24) is 0 Å². The van der Waals surface area contributed by atoms with E-state index >= 15 is 0 Å². The lowest BCUT2D eigenvalue weighted by molar-refractivity contribution is 0.104. The Morgan fingerprint density at radius 1 is 0.840 bits per heavy atom. The molecule has 0 amide bonds. The van der Waals surface area contributed by atoms with Gasteiger partial charge in [-0.25, -0.2) is 0 Å². The van der Waals surface area contributed by atoms with Crippen molar-refractivity contribution in [3.05, 3.63) is 98.6 Å². The third kappa shape index (κ3) is 2.46. The summed E-state index contributed by atoms with van der Waals surface area (Å²) in [6.45, 7) is 0. The SMILES string of the molecule is O=C1/C(=C2/SC=C(c3ccccc3)S2)Cc2ccc3ccccc3c21. The summed E-state index contributed by atoms with van der Waals surface area (Å²) in [5.41, 5.74) is 4.21. The molecular weight excluding hydrogens is 344 g/mol. The van der Waals surface area contributed by atoms with E-state index in [2.05, 4.69) is 53.9 Å². The minimum atomic E-state index is 0.199. The van der Waals surface area contributed by atoms with Gasteiger partial charge in [0.25, 0.3) is 0 Å². The van der Waals surface area contributed by atoms with E-state index in [0.717, 1.165) is 38.1 Å². The van der Waals surface area contributed by atoms with Gasteiger partial charge in [-0.2, -0.15) is 0 Å². The first kappa shape index (κ1) is 15.1. The Hall–Kier alpha value is -2.23. The quantitative estimate of drug-likeness (QED) is 0.477. The Kier molecular flexibility index (Phi) is 3.58. The number of hydrogen-bond donors (Lipinski definition) is 0. The molecule has 0 atom stereocenters. The number of thioether (sulfide) groups is 2. The van der Waals surface area contributed by atoms with Crippen LogP contribution in [-0.4, -0.2) is 5.78 Å². The average Bonchev–Trinajstić information content (AvgIpc) is 3.27. The summed E-state index contributed by atoms with van der Waals surface area (Å²) in [7, 11) is 0. The first-order chi connectivity index (χ1) is 12.3. The molecule has 0 unspecified atom stereocenters. The summed E-state index contributed by atoms with van der Waals surface area (Å²) in [6.07, 6.45) is 0.740. The van der Waals surface area contributed by atoms with Crippen LogP contribution in [0.3, 0.4) is 0 Å². The lowest BCUT2D eigenvalue weighted by Crippen LogP contribution is -1.97. The molecule has 0 radical (unpaired) electrons. The van der Waals surface area contributed by atoms with E-state index in [1.807, 2.05) is 18.2 Å². The molecule has 120 valence electrons. The Balaban J connectivity index is 1.54. The maximum absolute atomic E-state index is 13.1. The largest absolute Gasteiger partial charge is 0.289 e. The maximum atomic E-state index is 13.1. The Bertz CT molecular complexity index is 1080. The first-order valence-electron chi connectivity index (χ1n) is 8.20. The molecule has 0 N–H and O–H groups in total. The molecule has 0 bridgehead atoms. The van der Waals surface area contributed by atoms with Gasteiger partial charge in [-0.1, -0.05) is 90.3 Å². The third-order valence-electron chi connectivity index (χ3n) is 4.66. The number of benzene rings is 3. The molecule has 3 heteroatoms. The summed E-state index contributed by atoms with van der Waals surface area (Å²) < 4.78 is 1.13. The van der Waals surface area contributed by atoms with Crippen molar-refractivity contribution < 1.29 is 4.79 Å². The van der Waals surface area contributed by atoms with Crippen molar-refractivity contribution in [2.24, 2.45) is 0 Å². The molecule has 0 spiro atoms. The van der Waals surface area contributed by atoms with Crippen LogP contribution in [0.5, 0.6) is 0 Å². The molecule has 5 rings (SSSR count). The van der Waals surface area contributed by atoms with Crippen LogP contribution in [0.2, 0.25) is 0 Å². The van der Waals surface area contributed by atoms with Crippen LogP contribution in [0.25, 0.3) is 15.7 Å². The highest BCUT2D eigenvalue weighted by molar-refractivity contribution is 8.31. The smallest absolute Gasteiger partial charge is 0.191 e. The molecule has 1 heterocycles. The topological polar surface area (TPSA) is 17.1 Å². The monoisotopic (exact) mass is 358 g/mol. The van der Waals surface area contributed by atoms with Crippen LogP contribution in [0, 0.1) is 0 Å². The van der Waals surface area contributed by atoms with E-state index in [4.69, 9.17) is 0 Å². The van der Waals surface area contributed by atoms with Crippen molar-refractivity contribution in [2.45, 2.75) is 6.42 Å². The predicted octanol–water partition coefficient (Wildman–Crippen LogP) is 6.27. The molecule has 3 aromatic rings. The van der Waals surface area contributed by atoms with Gasteiger partial charge in [-0.15, -0.1) is 0 Å². The molecule has 0 fully saturated rings. The second-order valence-corrected chi connectivity index (χ2v) is 8.35. The van der Waals surface area contributed by atoms with Gasteiger partial charge in [0.2, 0.25) is 0 Å². The van der Waals surface area contributed by atoms with Gasteiger partial charge >= 0.3 is 0 Å². The maximum Gasteiger partial charge on any atom is 0.191 e. The van der Waals surface area contributed by atoms with E-state index in [-0.39, 0.29) is 5.78 Å². The minimum absolute atomic E-state index is 0.199. The van der Waals surface area contributed by atoms with Crippen LogP contribution < -0.4 is 0 Å². The van der Waals surface area contributed by atoms with E-state index in [1.165, 1.54) is 10.5 Å². The molecule has 25 heavy (non-hydrogen) atoms. The molecule has 3 aromatic carbocycles. The van der Waals surface area contributed by atoms with Gasteiger partial charge < -0.3 is 0 Å². The third-order valence-corrected chi connectivity index (χ3v) is 7.17. The van der Waals surface area contributed by atoms with E-state index in [1.54, 1.807) is 23.5 Å². The lowest BCUT2D eigenvalue weighted by Gasteiger charge is -2.04. The van der Waals surface area contributed by atoms with Crippen LogP contribution in [0.4, 0.5) is 0 Å². The average molecular weight is 358 g/mol. The molecule has 1 aliphatic carbocycles. The van der Waals surface area contributed by atoms with E-state index in [9.17, 15) is 4.79 Å². The molecule has 1 aliphatic heterocycles. The highest BCUT2D eigenvalue weighted by Crippen LogP contribution is 2.51. The number of carbonyl (C=O) groups is 1. The van der Waals surface area contributed by atoms with Crippen molar-refractivity contribution in [1.29, 1.82) is 0 Å². The van der Waals surface area contributed by atoms with Crippen molar-refractivity contribution >= 4 is 45.0 Å². The van der Waals surface area contributed by atoms with Crippen LogP contribution in [0.1, 0.15) is 21.5 Å². The second kappa shape index (κ2) is 5.94. The summed E-state index contributed by atoms with van der Waals surface area (Å²) in [4.78, 5) is 14.4. The van der Waals surface area contributed by atoms with Gasteiger partial charge in [0.15, 0.2) is 5.78 Å². The number of allylic oxidation sites excluding steroid dienone is 1. The number of Topliss-reactive ketones (excluding diaryl/α,β-unsaturated/α-hetero) is 1. The Morgan fingerprint density at radius 2 is 1.64 bits per heavy atom. The number of hydrogen-bond acceptors (Lipinski definition) is 3. The fraction of sp³-hybridized carbons (Fsp3) is 0.0455. The van der Waals surface area contributed by atoms with Crippen LogP contribution in [0.15, 0.2) is 81.9 Å². The minimum Gasteiger partial charge on any atom is -0.289 e. The zero-order valence-corrected chi connectivity index (χ0v) is 15.0. The molecule has 2 aliphatic rings. The standard InChI is InChI=1S/C22H14OS2/c23-21-18(22-24-13-19(25-22)15-7-2-1-3-8-15)12-16-11-10-14-6-4-5-9-17(14)20(16)21/h1-11,13H,12H2/b22-18-. The number of carbonyl (C=O) groups excluding carboxylic acids is 1. The van der Waals surface area contributed by atoms with E-state index < -0.39 is 0 Å². The van der Waals surface area contributed by atoms with Gasteiger partial charge in [-0.3, -0.25) is 4.79 Å². The van der Waals surface area contributed by atoms with Gasteiger partial charge in [0, 0.05) is 22.5 Å². The summed E-state index contributed by atoms with van der Waals surface area (Å²) >= 11 is 3.41. The van der Waals surface area contributed by atoms with E-state index in [0.29, 0.717) is 0 Å². The number of rotatable bonds is 1. The van der Waals surface area contributed by atoms with Gasteiger partial charge in [0.05, 0.1) is 4.24 Å². The van der Waals surface area contributed by atoms with Crippen LogP contribution >= 0.6 is 23.5 Å². The molecule has 0 saturated heterocycles. The van der Waals surface area contributed by atoms with Crippen molar-refractivity contribution in [3.63, 3.8) is 0 Å². The first-order valence-corrected chi connectivity index (χ1v) is 9.89. The predicted molar refractivity (Wildman–Crippen MR) is 109 cm³/mol. The second-order valence-electron chi connectivity index (χ2n) is 6.16. The van der Waals surface area contributed by atoms with Gasteiger partial charge in [0.1, 0.15) is 0 Å². The Labute approximate surface area is 154 Å². The van der Waals surface area contributed by atoms with Gasteiger partial charge in [-0.05, 0) is 27.3 Å². The van der Waals surface area contributed by atoms with Crippen LogP contribution in [-0.2, 0) is 6.42 Å². The zero-order chi connectivity index (χ0) is 16.8. The lowest BCUT2D eigenvalue weighted by atomic mass is 10.0. The Morgan fingerprint density at radius 3 is 2.52 bits per heavy atom. The normalized spacial score (nSPS) is 19.4. The molecule has 0 saturated carbocycles. The van der Waals surface area contributed by atoms with Crippen molar-refractivity contribution in [2.75, 3.05) is 0 Å². The summed E-state index contributed by atoms with van der Waals surface area (Å²) in [5, 5.41) is 4.37. The number of ketones is 1. The number of fused-ring (bicyclic) bond motifs is 3.